The molecule has 0 aromatic carbocycles. The molecule has 0 fully saturated rings. The molecular weight excluding hydrogens is 208 g/mol. The molecule has 0 radical (unpaired) electrons. The van der Waals surface area contributed by atoms with Crippen LogP contribution in [-0.4, -0.2) is 17.1 Å². The molecule has 0 saturated carbocycles. The van der Waals surface area contributed by atoms with Gasteiger partial charge in [-0.2, -0.15) is 9.98 Å². The van der Waals surface area contributed by atoms with Crippen LogP contribution < -0.4 is 17.2 Å². The van der Waals surface area contributed by atoms with Gasteiger partial charge in [-0.05, 0) is 6.92 Å². The normalized spacial score (nSPS) is 10.5. The van der Waals surface area contributed by atoms with Crippen molar-refractivity contribution in [3.05, 3.63) is 11.8 Å². The molecule has 0 spiro atoms. The molecule has 1 rings (SSSR count). The second-order valence-corrected chi connectivity index (χ2v) is 2.30. The number of rotatable bonds is 1. The summed E-state index contributed by atoms with van der Waals surface area (Å²) in [6.07, 6.45) is 0. The number of hydrogen-bond donors (Lipinski definition) is 3. The lowest BCUT2D eigenvalue weighted by Gasteiger charge is -1.90. The van der Waals surface area contributed by atoms with Crippen LogP contribution in [0.4, 0.5) is 5.82 Å². The number of nitrogens with two attached hydrogens (primary N) is 3. The van der Waals surface area contributed by atoms with Crippen LogP contribution >= 0.6 is 12.4 Å². The third-order valence-corrected chi connectivity index (χ3v) is 1.09. The van der Waals surface area contributed by atoms with E-state index in [-0.39, 0.29) is 24.3 Å². The third kappa shape index (κ3) is 3.76. The standard InChI is InChI=1S/C6H10N6O.ClH/c1-3-2-4(12-13-3)10-6(9)11-5(7)8;/h2H,1H3,(H6,7,8,9,10,11,12);1H. The summed E-state index contributed by atoms with van der Waals surface area (Å²) in [6.45, 7) is 1.74. The first-order valence-electron chi connectivity index (χ1n) is 3.45. The van der Waals surface area contributed by atoms with Gasteiger partial charge in [-0.25, -0.2) is 0 Å². The van der Waals surface area contributed by atoms with E-state index >= 15 is 0 Å². The third-order valence-electron chi connectivity index (χ3n) is 1.09. The highest BCUT2D eigenvalue weighted by atomic mass is 35.5. The van der Waals surface area contributed by atoms with E-state index in [0.717, 1.165) is 0 Å². The summed E-state index contributed by atoms with van der Waals surface area (Å²) in [5.41, 5.74) is 15.5. The predicted octanol–water partition coefficient (Wildman–Crippen LogP) is -0.376. The molecule has 0 aliphatic carbocycles. The number of guanidine groups is 2. The van der Waals surface area contributed by atoms with Gasteiger partial charge in [0.2, 0.25) is 5.96 Å². The Morgan fingerprint density at radius 2 is 2.07 bits per heavy atom. The number of hydrogen-bond acceptors (Lipinski definition) is 3. The second kappa shape index (κ2) is 5.07. The van der Waals surface area contributed by atoms with Crippen molar-refractivity contribution in [3.63, 3.8) is 0 Å². The fourth-order valence-electron chi connectivity index (χ4n) is 0.681. The monoisotopic (exact) mass is 218 g/mol. The van der Waals surface area contributed by atoms with Gasteiger partial charge in [-0.15, -0.1) is 12.4 Å². The zero-order valence-corrected chi connectivity index (χ0v) is 8.28. The Labute approximate surface area is 86.5 Å². The van der Waals surface area contributed by atoms with E-state index in [1.807, 2.05) is 0 Å². The van der Waals surface area contributed by atoms with Crippen molar-refractivity contribution in [2.75, 3.05) is 0 Å². The van der Waals surface area contributed by atoms with Crippen LogP contribution in [0.5, 0.6) is 0 Å². The number of halogens is 1. The maximum Gasteiger partial charge on any atom is 0.225 e. The molecule has 0 aliphatic heterocycles. The highest BCUT2D eigenvalue weighted by Gasteiger charge is 1.98. The molecule has 78 valence electrons. The Balaban J connectivity index is 0.00000169. The summed E-state index contributed by atoms with van der Waals surface area (Å²) >= 11 is 0. The summed E-state index contributed by atoms with van der Waals surface area (Å²) in [7, 11) is 0. The van der Waals surface area contributed by atoms with Crippen LogP contribution in [0.25, 0.3) is 0 Å². The highest BCUT2D eigenvalue weighted by molar-refractivity contribution is 5.93. The summed E-state index contributed by atoms with van der Waals surface area (Å²) in [5, 5.41) is 3.57. The molecule has 0 unspecified atom stereocenters. The lowest BCUT2D eigenvalue weighted by Crippen LogP contribution is -2.26. The SMILES string of the molecule is Cc1cc(N=C(N)N=C(N)N)no1.Cl. The van der Waals surface area contributed by atoms with E-state index in [0.29, 0.717) is 11.6 Å². The zero-order valence-electron chi connectivity index (χ0n) is 7.47. The van der Waals surface area contributed by atoms with Gasteiger partial charge >= 0.3 is 0 Å². The molecule has 1 aromatic heterocycles. The molecule has 6 N–H and O–H groups in total. The number of nitrogens with zero attached hydrogens (tertiary/aromatic N) is 3. The molecule has 0 bridgehead atoms. The Bertz CT molecular complexity index is 353. The minimum absolute atomic E-state index is 0. The van der Waals surface area contributed by atoms with Crippen LogP contribution in [0.2, 0.25) is 0 Å². The number of aliphatic imine (C=N–C) groups is 2. The van der Waals surface area contributed by atoms with Crippen molar-refractivity contribution < 1.29 is 4.52 Å². The maximum absolute atomic E-state index is 5.34. The molecule has 0 saturated heterocycles. The topological polar surface area (TPSA) is 129 Å². The molecule has 1 heterocycles. The van der Waals surface area contributed by atoms with Crippen LogP contribution in [0.15, 0.2) is 20.6 Å². The molecular formula is C6H11ClN6O. The van der Waals surface area contributed by atoms with E-state index in [1.54, 1.807) is 13.0 Å². The molecule has 0 amide bonds. The number of aryl methyl sites for hydroxylation is 1. The molecule has 14 heavy (non-hydrogen) atoms. The Kier molecular flexibility index (Phi) is 4.44. The van der Waals surface area contributed by atoms with Gasteiger partial charge < -0.3 is 21.7 Å². The van der Waals surface area contributed by atoms with E-state index < -0.39 is 0 Å². The first kappa shape index (κ1) is 12.2. The van der Waals surface area contributed by atoms with Gasteiger partial charge in [-0.3, -0.25) is 0 Å². The van der Waals surface area contributed by atoms with Gasteiger partial charge in [-0.1, -0.05) is 5.16 Å². The van der Waals surface area contributed by atoms with Crippen molar-refractivity contribution in [1.82, 2.24) is 5.16 Å². The van der Waals surface area contributed by atoms with Crippen LogP contribution in [0, 0.1) is 6.92 Å². The number of aromatic nitrogens is 1. The predicted molar refractivity (Wildman–Crippen MR) is 55.6 cm³/mol. The Morgan fingerprint density at radius 1 is 1.43 bits per heavy atom. The Hall–Kier alpha value is -1.76. The van der Waals surface area contributed by atoms with Gasteiger partial charge in [0.1, 0.15) is 5.76 Å². The van der Waals surface area contributed by atoms with Gasteiger partial charge in [0.15, 0.2) is 11.8 Å². The maximum atomic E-state index is 5.34. The second-order valence-electron chi connectivity index (χ2n) is 2.30. The zero-order chi connectivity index (χ0) is 9.84. The largest absolute Gasteiger partial charge is 0.370 e. The van der Waals surface area contributed by atoms with Crippen LogP contribution in [-0.2, 0) is 0 Å². The van der Waals surface area contributed by atoms with Crippen molar-refractivity contribution in [3.8, 4) is 0 Å². The Morgan fingerprint density at radius 3 is 2.50 bits per heavy atom. The smallest absolute Gasteiger partial charge is 0.225 e. The molecule has 7 nitrogen and oxygen atoms in total. The fourth-order valence-corrected chi connectivity index (χ4v) is 0.681. The molecule has 0 atom stereocenters. The van der Waals surface area contributed by atoms with Gasteiger partial charge in [0, 0.05) is 6.07 Å². The summed E-state index contributed by atoms with van der Waals surface area (Å²) < 4.78 is 4.75. The lowest BCUT2D eigenvalue weighted by atomic mass is 10.5. The van der Waals surface area contributed by atoms with E-state index in [2.05, 4.69) is 15.1 Å². The van der Waals surface area contributed by atoms with Crippen LogP contribution in [0.3, 0.4) is 0 Å². The first-order valence-corrected chi connectivity index (χ1v) is 3.45. The van der Waals surface area contributed by atoms with Crippen molar-refractivity contribution in [2.45, 2.75) is 6.92 Å². The summed E-state index contributed by atoms with van der Waals surface area (Å²) in [4.78, 5) is 7.26. The minimum atomic E-state index is -0.151. The first-order chi connectivity index (χ1) is 6.08. The average Bonchev–Trinajstić information content (AvgIpc) is 2.33. The van der Waals surface area contributed by atoms with Crippen molar-refractivity contribution >= 4 is 30.1 Å². The summed E-state index contributed by atoms with van der Waals surface area (Å²) in [6, 6.07) is 1.61. The highest BCUT2D eigenvalue weighted by Crippen LogP contribution is 2.10. The molecule has 8 heteroatoms. The average molecular weight is 219 g/mol. The van der Waals surface area contributed by atoms with Gasteiger partial charge in [0.25, 0.3) is 0 Å². The summed E-state index contributed by atoms with van der Waals surface area (Å²) in [5.74, 6) is 0.756. The van der Waals surface area contributed by atoms with E-state index in [4.69, 9.17) is 21.7 Å². The quantitative estimate of drug-likeness (QED) is 0.437. The van der Waals surface area contributed by atoms with Crippen LogP contribution in [0.1, 0.15) is 5.76 Å². The van der Waals surface area contributed by atoms with Crippen molar-refractivity contribution in [1.29, 1.82) is 0 Å². The lowest BCUT2D eigenvalue weighted by molar-refractivity contribution is 0.399. The van der Waals surface area contributed by atoms with E-state index in [1.165, 1.54) is 0 Å². The van der Waals surface area contributed by atoms with Crippen molar-refractivity contribution in [2.24, 2.45) is 27.2 Å². The molecule has 1 aromatic rings. The molecule has 0 aliphatic rings. The van der Waals surface area contributed by atoms with E-state index in [9.17, 15) is 0 Å². The minimum Gasteiger partial charge on any atom is -0.370 e. The van der Waals surface area contributed by atoms with Gasteiger partial charge in [0.05, 0.1) is 0 Å². The fraction of sp³-hybridized carbons (Fsp3) is 0.167.